The summed E-state index contributed by atoms with van der Waals surface area (Å²) in [4.78, 5) is 48.3. The molecule has 0 aromatic carbocycles. The molecule has 0 fully saturated rings. The molecule has 5 N–H and O–H groups in total. The van der Waals surface area contributed by atoms with Gasteiger partial charge in [-0.05, 0) is 53.0 Å². The average Bonchev–Trinajstić information content (AvgIpc) is 2.59. The van der Waals surface area contributed by atoms with Crippen LogP contribution >= 0.6 is 11.8 Å². The number of thioether (sulfide) groups is 1. The fourth-order valence-corrected chi connectivity index (χ4v) is 2.31. The molecule has 0 rings (SSSR count). The van der Waals surface area contributed by atoms with Crippen molar-refractivity contribution in [3.05, 3.63) is 0 Å². The first kappa shape index (κ1) is 27.0. The highest BCUT2D eigenvalue weighted by Crippen LogP contribution is 2.08. The number of amides is 3. The Hall–Kier alpha value is -2.05. The minimum absolute atomic E-state index is 0.375. The molecular formula is C17H32N4O7S. The van der Waals surface area contributed by atoms with Gasteiger partial charge in [-0.3, -0.25) is 4.79 Å². The summed E-state index contributed by atoms with van der Waals surface area (Å²) in [5.74, 6) is -1.21. The third-order valence-corrected chi connectivity index (χ3v) is 3.91. The van der Waals surface area contributed by atoms with Crippen LogP contribution in [0, 0.1) is 0 Å². The van der Waals surface area contributed by atoms with Crippen molar-refractivity contribution in [2.24, 2.45) is 5.73 Å². The van der Waals surface area contributed by atoms with Crippen LogP contribution in [0.3, 0.4) is 0 Å². The number of rotatable bonds is 8. The monoisotopic (exact) mass is 436 g/mol. The number of ether oxygens (including phenoxy) is 2. The zero-order valence-corrected chi connectivity index (χ0v) is 18.5. The number of aliphatic hydroxyl groups excluding tert-OH is 1. The second-order valence-electron chi connectivity index (χ2n) is 7.40. The number of carbonyl (C=O) groups excluding carboxylic acids is 4. The zero-order chi connectivity index (χ0) is 22.8. The Bertz CT molecular complexity index is 581. The summed E-state index contributed by atoms with van der Waals surface area (Å²) in [6.45, 7) is 7.28. The Morgan fingerprint density at radius 2 is 1.79 bits per heavy atom. The number of esters is 1. The molecule has 11 nitrogen and oxygen atoms in total. The number of hydrazine groups is 1. The van der Waals surface area contributed by atoms with E-state index in [0.29, 0.717) is 12.2 Å². The second kappa shape index (κ2) is 12.5. The maximum Gasteiger partial charge on any atom is 0.436 e. The highest BCUT2D eigenvalue weighted by Gasteiger charge is 2.30. The fraction of sp³-hybridized carbons (Fsp3) is 0.765. The smallest absolute Gasteiger partial charge is 0.436 e. The van der Waals surface area contributed by atoms with Crippen LogP contribution in [0.5, 0.6) is 0 Å². The lowest BCUT2D eigenvalue weighted by molar-refractivity contribution is -0.144. The lowest BCUT2D eigenvalue weighted by atomic mass is 10.2. The molecule has 0 aliphatic rings. The molecule has 0 spiro atoms. The highest BCUT2D eigenvalue weighted by atomic mass is 32.2. The molecular weight excluding hydrogens is 404 g/mol. The van der Waals surface area contributed by atoms with Crippen LogP contribution in [0.15, 0.2) is 0 Å². The summed E-state index contributed by atoms with van der Waals surface area (Å²) >= 11 is 1.50. The Morgan fingerprint density at radius 3 is 2.24 bits per heavy atom. The lowest BCUT2D eigenvalue weighted by Crippen LogP contribution is -2.54. The molecule has 12 heteroatoms. The maximum absolute atomic E-state index is 12.3. The molecule has 168 valence electrons. The molecule has 0 unspecified atom stereocenters. The van der Waals surface area contributed by atoms with E-state index in [9.17, 15) is 24.3 Å². The van der Waals surface area contributed by atoms with Crippen molar-refractivity contribution >= 4 is 35.8 Å². The first-order valence-electron chi connectivity index (χ1n) is 9.02. The predicted molar refractivity (Wildman–Crippen MR) is 108 cm³/mol. The Balaban J connectivity index is 4.95. The largest absolute Gasteiger partial charge is 0.443 e. The van der Waals surface area contributed by atoms with Gasteiger partial charge in [-0.2, -0.15) is 11.8 Å². The Kier molecular flexibility index (Phi) is 11.6. The number of nitrogens with zero attached hydrogens (tertiary/aromatic N) is 1. The van der Waals surface area contributed by atoms with Crippen molar-refractivity contribution in [1.29, 1.82) is 0 Å². The summed E-state index contributed by atoms with van der Waals surface area (Å²) in [5.41, 5.74) is 7.10. The number of aliphatic hydroxyl groups is 1. The van der Waals surface area contributed by atoms with Crippen LogP contribution in [0.4, 0.5) is 9.59 Å². The van der Waals surface area contributed by atoms with Crippen molar-refractivity contribution in [3.8, 4) is 0 Å². The predicted octanol–water partition coefficient (Wildman–Crippen LogP) is 0.357. The summed E-state index contributed by atoms with van der Waals surface area (Å²) in [5, 5.41) is 12.4. The van der Waals surface area contributed by atoms with E-state index in [1.165, 1.54) is 11.8 Å². The van der Waals surface area contributed by atoms with Crippen molar-refractivity contribution in [2.75, 3.05) is 18.6 Å². The third-order valence-electron chi connectivity index (χ3n) is 3.26. The van der Waals surface area contributed by atoms with Crippen molar-refractivity contribution in [1.82, 2.24) is 15.8 Å². The number of hydrogen-bond acceptors (Lipinski definition) is 9. The molecule has 29 heavy (non-hydrogen) atoms. The van der Waals surface area contributed by atoms with E-state index in [1.807, 2.05) is 6.26 Å². The van der Waals surface area contributed by atoms with Gasteiger partial charge >= 0.3 is 18.2 Å². The van der Waals surface area contributed by atoms with Gasteiger partial charge in [-0.15, -0.1) is 0 Å². The highest BCUT2D eigenvalue weighted by molar-refractivity contribution is 7.98. The van der Waals surface area contributed by atoms with E-state index < -0.39 is 54.4 Å². The van der Waals surface area contributed by atoms with E-state index in [-0.39, 0.29) is 0 Å². The third kappa shape index (κ3) is 10.9. The lowest BCUT2D eigenvalue weighted by Gasteiger charge is -2.28. The van der Waals surface area contributed by atoms with Crippen molar-refractivity contribution in [3.63, 3.8) is 0 Å². The number of carbonyl (C=O) groups is 4. The molecule has 2 atom stereocenters. The van der Waals surface area contributed by atoms with Gasteiger partial charge in [0.2, 0.25) is 5.91 Å². The second-order valence-corrected chi connectivity index (χ2v) is 8.38. The van der Waals surface area contributed by atoms with Gasteiger partial charge in [0.15, 0.2) is 6.04 Å². The van der Waals surface area contributed by atoms with Gasteiger partial charge in [-0.1, -0.05) is 0 Å². The molecule has 0 aromatic rings. The molecule has 0 bridgehead atoms. The number of nitrogens with two attached hydrogens (primary N) is 1. The first-order chi connectivity index (χ1) is 13.3. The molecule has 0 saturated carbocycles. The molecule has 0 aliphatic carbocycles. The van der Waals surface area contributed by atoms with E-state index in [4.69, 9.17) is 10.5 Å². The van der Waals surface area contributed by atoms with Crippen LogP contribution in [-0.4, -0.2) is 76.5 Å². The Morgan fingerprint density at radius 1 is 1.21 bits per heavy atom. The van der Waals surface area contributed by atoms with Gasteiger partial charge in [0.05, 0.1) is 18.7 Å². The maximum atomic E-state index is 12.3. The number of nitrogens with one attached hydrogen (secondary N) is 2. The minimum atomic E-state index is -1.48. The van der Waals surface area contributed by atoms with Gasteiger partial charge in [0.25, 0.3) is 0 Å². The molecule has 0 radical (unpaired) electrons. The number of hydrogen-bond donors (Lipinski definition) is 4. The van der Waals surface area contributed by atoms with E-state index in [0.717, 1.165) is 5.01 Å². The summed E-state index contributed by atoms with van der Waals surface area (Å²) in [6.07, 6.45) is 0.119. The van der Waals surface area contributed by atoms with E-state index >= 15 is 0 Å². The van der Waals surface area contributed by atoms with Gasteiger partial charge < -0.3 is 25.6 Å². The van der Waals surface area contributed by atoms with Crippen LogP contribution in [0.2, 0.25) is 0 Å². The SMILES string of the molecule is CSCC[C@H](N)C(=O)N[C@@H](CO)C(=O)OC(=O)N(NC(=O)OC(C)(C)C)C(C)C. The first-order valence-corrected chi connectivity index (χ1v) is 10.4. The fourth-order valence-electron chi connectivity index (χ4n) is 1.82. The summed E-state index contributed by atoms with van der Waals surface area (Å²) < 4.78 is 9.73. The van der Waals surface area contributed by atoms with Gasteiger partial charge in [-0.25, -0.2) is 24.8 Å². The van der Waals surface area contributed by atoms with Gasteiger partial charge in [0, 0.05) is 0 Å². The summed E-state index contributed by atoms with van der Waals surface area (Å²) in [7, 11) is 0. The van der Waals surface area contributed by atoms with Crippen LogP contribution in [-0.2, 0) is 19.1 Å². The summed E-state index contributed by atoms with van der Waals surface area (Å²) in [6, 6.07) is -2.94. The molecule has 0 aliphatic heterocycles. The van der Waals surface area contributed by atoms with Gasteiger partial charge in [0.1, 0.15) is 5.60 Å². The normalized spacial score (nSPS) is 13.3. The topological polar surface area (TPSA) is 160 Å². The molecule has 0 aromatic heterocycles. The van der Waals surface area contributed by atoms with Crippen LogP contribution < -0.4 is 16.5 Å². The molecule has 0 heterocycles. The quantitative estimate of drug-likeness (QED) is 0.239. The van der Waals surface area contributed by atoms with Crippen molar-refractivity contribution in [2.45, 2.75) is 64.8 Å². The zero-order valence-electron chi connectivity index (χ0n) is 17.7. The van der Waals surface area contributed by atoms with Crippen LogP contribution in [0.1, 0.15) is 41.0 Å². The average molecular weight is 437 g/mol. The van der Waals surface area contributed by atoms with E-state index in [1.54, 1.807) is 34.6 Å². The standard InChI is InChI=1S/C17H32N4O7S/c1-10(2)21(20-15(25)28-17(3,4)5)16(26)27-14(24)12(9-22)19-13(23)11(18)7-8-29-6/h10-12,22H,7-9,18H2,1-6H3,(H,19,23)(H,20,25)/t11-,12-/m0/s1. The van der Waals surface area contributed by atoms with Crippen molar-refractivity contribution < 1.29 is 33.8 Å². The molecule has 3 amide bonds. The van der Waals surface area contributed by atoms with Crippen LogP contribution in [0.25, 0.3) is 0 Å². The molecule has 0 saturated heterocycles. The minimum Gasteiger partial charge on any atom is -0.443 e. The van der Waals surface area contributed by atoms with E-state index in [2.05, 4.69) is 15.5 Å². The Labute approximate surface area is 175 Å².